The van der Waals surface area contributed by atoms with Crippen molar-refractivity contribution in [2.24, 2.45) is 17.6 Å². The number of hydrogen-bond acceptors (Lipinski definition) is 4. The van der Waals surface area contributed by atoms with Crippen LogP contribution in [0.25, 0.3) is 0 Å². The standard InChI is InChI=1S/C14H21NO3/c1-9(2)12(8-15)14(16)11-7-10(17-3)5-6-13(11)18-4/h5-7,9,12H,8,15H2,1-4H3. The summed E-state index contributed by atoms with van der Waals surface area (Å²) in [5.41, 5.74) is 6.21. The first-order valence-corrected chi connectivity index (χ1v) is 6.01. The molecule has 0 aliphatic rings. The second-order valence-corrected chi connectivity index (χ2v) is 4.52. The minimum atomic E-state index is -0.203. The summed E-state index contributed by atoms with van der Waals surface area (Å²) < 4.78 is 10.4. The topological polar surface area (TPSA) is 61.5 Å². The maximum Gasteiger partial charge on any atom is 0.171 e. The first-order valence-electron chi connectivity index (χ1n) is 6.01. The third-order valence-corrected chi connectivity index (χ3v) is 3.07. The van der Waals surface area contributed by atoms with Gasteiger partial charge in [0.25, 0.3) is 0 Å². The van der Waals surface area contributed by atoms with Crippen molar-refractivity contribution in [3.8, 4) is 11.5 Å². The van der Waals surface area contributed by atoms with Crippen LogP contribution >= 0.6 is 0 Å². The van der Waals surface area contributed by atoms with Crippen LogP contribution in [0.4, 0.5) is 0 Å². The minimum Gasteiger partial charge on any atom is -0.497 e. The van der Waals surface area contributed by atoms with Crippen LogP contribution < -0.4 is 15.2 Å². The fourth-order valence-electron chi connectivity index (χ4n) is 1.89. The molecular formula is C14H21NO3. The summed E-state index contributed by atoms with van der Waals surface area (Å²) in [7, 11) is 3.12. The minimum absolute atomic E-state index is 0.00301. The molecular weight excluding hydrogens is 230 g/mol. The molecule has 18 heavy (non-hydrogen) atoms. The van der Waals surface area contributed by atoms with Crippen molar-refractivity contribution >= 4 is 5.78 Å². The highest BCUT2D eigenvalue weighted by atomic mass is 16.5. The molecule has 0 fully saturated rings. The van der Waals surface area contributed by atoms with E-state index in [1.165, 1.54) is 0 Å². The molecule has 1 atom stereocenters. The van der Waals surface area contributed by atoms with Gasteiger partial charge in [-0.15, -0.1) is 0 Å². The third-order valence-electron chi connectivity index (χ3n) is 3.07. The molecule has 0 spiro atoms. The highest BCUT2D eigenvalue weighted by Gasteiger charge is 2.25. The molecule has 0 saturated heterocycles. The van der Waals surface area contributed by atoms with Gasteiger partial charge in [0.2, 0.25) is 0 Å². The van der Waals surface area contributed by atoms with Gasteiger partial charge in [-0.3, -0.25) is 4.79 Å². The molecule has 0 heterocycles. The van der Waals surface area contributed by atoms with Crippen LogP contribution in [0.1, 0.15) is 24.2 Å². The summed E-state index contributed by atoms with van der Waals surface area (Å²) in [5, 5.41) is 0. The monoisotopic (exact) mass is 251 g/mol. The molecule has 0 aromatic heterocycles. The van der Waals surface area contributed by atoms with Crippen LogP contribution in [0.3, 0.4) is 0 Å². The van der Waals surface area contributed by atoms with Crippen molar-refractivity contribution in [1.29, 1.82) is 0 Å². The van der Waals surface area contributed by atoms with Gasteiger partial charge >= 0.3 is 0 Å². The number of methoxy groups -OCH3 is 2. The van der Waals surface area contributed by atoms with Gasteiger partial charge in [-0.2, -0.15) is 0 Å². The number of hydrogen-bond donors (Lipinski definition) is 1. The third kappa shape index (κ3) is 3.01. The predicted octanol–water partition coefficient (Wildman–Crippen LogP) is 2.12. The Labute approximate surface area is 108 Å². The molecule has 1 aromatic rings. The lowest BCUT2D eigenvalue weighted by molar-refractivity contribution is 0.0888. The van der Waals surface area contributed by atoms with Crippen LogP contribution in [0.5, 0.6) is 11.5 Å². The maximum absolute atomic E-state index is 12.4. The van der Waals surface area contributed by atoms with E-state index in [0.717, 1.165) is 0 Å². The molecule has 1 aromatic carbocycles. The SMILES string of the molecule is COc1ccc(OC)c(C(=O)C(CN)C(C)C)c1. The first kappa shape index (κ1) is 14.5. The Balaban J connectivity index is 3.16. The van der Waals surface area contributed by atoms with Crippen molar-refractivity contribution in [3.05, 3.63) is 23.8 Å². The molecule has 0 aliphatic carbocycles. The average molecular weight is 251 g/mol. The molecule has 100 valence electrons. The van der Waals surface area contributed by atoms with Crippen LogP contribution in [-0.4, -0.2) is 26.5 Å². The largest absolute Gasteiger partial charge is 0.497 e. The lowest BCUT2D eigenvalue weighted by atomic mass is 9.87. The van der Waals surface area contributed by atoms with E-state index >= 15 is 0 Å². The van der Waals surface area contributed by atoms with Crippen LogP contribution in [-0.2, 0) is 0 Å². The Morgan fingerprint density at radius 2 is 1.94 bits per heavy atom. The summed E-state index contributed by atoms with van der Waals surface area (Å²) in [4.78, 5) is 12.4. The van der Waals surface area contributed by atoms with Gasteiger partial charge in [-0.25, -0.2) is 0 Å². The second-order valence-electron chi connectivity index (χ2n) is 4.52. The first-order chi connectivity index (χ1) is 8.54. The van der Waals surface area contributed by atoms with Gasteiger partial charge in [0, 0.05) is 12.5 Å². The van der Waals surface area contributed by atoms with E-state index < -0.39 is 0 Å². The van der Waals surface area contributed by atoms with Crippen LogP contribution in [0, 0.1) is 11.8 Å². The Hall–Kier alpha value is -1.55. The van der Waals surface area contributed by atoms with Gasteiger partial charge < -0.3 is 15.2 Å². The summed E-state index contributed by atoms with van der Waals surface area (Å²) in [5.74, 6) is 1.19. The molecule has 0 bridgehead atoms. The summed E-state index contributed by atoms with van der Waals surface area (Å²) >= 11 is 0. The number of benzene rings is 1. The number of ketones is 1. The van der Waals surface area contributed by atoms with Gasteiger partial charge in [0.15, 0.2) is 5.78 Å². The lowest BCUT2D eigenvalue weighted by Gasteiger charge is -2.19. The Bertz CT molecular complexity index is 416. The quantitative estimate of drug-likeness (QED) is 0.787. The van der Waals surface area contributed by atoms with Crippen molar-refractivity contribution in [2.75, 3.05) is 20.8 Å². The molecule has 4 heteroatoms. The number of carbonyl (C=O) groups excluding carboxylic acids is 1. The highest BCUT2D eigenvalue weighted by molar-refractivity contribution is 6.01. The van der Waals surface area contributed by atoms with E-state index in [0.29, 0.717) is 23.6 Å². The number of Topliss-reactive ketones (excluding diaryl/α,β-unsaturated/α-hetero) is 1. The fourth-order valence-corrected chi connectivity index (χ4v) is 1.89. The maximum atomic E-state index is 12.4. The number of rotatable bonds is 6. The van der Waals surface area contributed by atoms with Crippen LogP contribution in [0.2, 0.25) is 0 Å². The molecule has 4 nitrogen and oxygen atoms in total. The van der Waals surface area contributed by atoms with E-state index in [9.17, 15) is 4.79 Å². The average Bonchev–Trinajstić information content (AvgIpc) is 2.38. The molecule has 0 radical (unpaired) electrons. The van der Waals surface area contributed by atoms with E-state index in [1.54, 1.807) is 32.4 Å². The number of nitrogens with two attached hydrogens (primary N) is 1. The van der Waals surface area contributed by atoms with Crippen molar-refractivity contribution in [3.63, 3.8) is 0 Å². The normalized spacial score (nSPS) is 12.3. The molecule has 0 aliphatic heterocycles. The summed E-state index contributed by atoms with van der Waals surface area (Å²) in [6, 6.07) is 5.20. The zero-order valence-corrected chi connectivity index (χ0v) is 11.4. The van der Waals surface area contributed by atoms with Gasteiger partial charge in [-0.05, 0) is 24.1 Å². The molecule has 0 saturated carbocycles. The van der Waals surface area contributed by atoms with E-state index in [-0.39, 0.29) is 17.6 Å². The van der Waals surface area contributed by atoms with Crippen molar-refractivity contribution in [1.82, 2.24) is 0 Å². The summed E-state index contributed by atoms with van der Waals surface area (Å²) in [6.45, 7) is 4.31. The Morgan fingerprint density at radius 3 is 2.39 bits per heavy atom. The van der Waals surface area contributed by atoms with Crippen LogP contribution in [0.15, 0.2) is 18.2 Å². The molecule has 1 rings (SSSR count). The van der Waals surface area contributed by atoms with Gasteiger partial charge in [0.05, 0.1) is 19.8 Å². The zero-order chi connectivity index (χ0) is 13.7. The Kier molecular flexibility index (Phi) is 5.16. The highest BCUT2D eigenvalue weighted by Crippen LogP contribution is 2.28. The molecule has 2 N–H and O–H groups in total. The fraction of sp³-hybridized carbons (Fsp3) is 0.500. The van der Waals surface area contributed by atoms with Crippen molar-refractivity contribution < 1.29 is 14.3 Å². The Morgan fingerprint density at radius 1 is 1.28 bits per heavy atom. The van der Waals surface area contributed by atoms with Crippen molar-refractivity contribution in [2.45, 2.75) is 13.8 Å². The number of carbonyl (C=O) groups is 1. The van der Waals surface area contributed by atoms with Gasteiger partial charge in [-0.1, -0.05) is 13.8 Å². The van der Waals surface area contributed by atoms with Gasteiger partial charge in [0.1, 0.15) is 11.5 Å². The van der Waals surface area contributed by atoms with E-state index in [1.807, 2.05) is 13.8 Å². The number of ether oxygens (including phenoxy) is 2. The second kappa shape index (κ2) is 6.40. The smallest absolute Gasteiger partial charge is 0.171 e. The summed E-state index contributed by atoms with van der Waals surface area (Å²) in [6.07, 6.45) is 0. The zero-order valence-electron chi connectivity index (χ0n) is 11.4. The predicted molar refractivity (Wildman–Crippen MR) is 71.3 cm³/mol. The van der Waals surface area contributed by atoms with E-state index in [4.69, 9.17) is 15.2 Å². The molecule has 0 amide bonds. The van der Waals surface area contributed by atoms with E-state index in [2.05, 4.69) is 0 Å². The molecule has 1 unspecified atom stereocenters. The lowest BCUT2D eigenvalue weighted by Crippen LogP contribution is -2.28.